The first-order chi connectivity index (χ1) is 11.6. The van der Waals surface area contributed by atoms with Crippen molar-refractivity contribution < 1.29 is 0 Å². The Morgan fingerprint density at radius 2 is 1.79 bits per heavy atom. The number of hydrogen-bond donors (Lipinski definition) is 3. The molecule has 0 saturated heterocycles. The van der Waals surface area contributed by atoms with Gasteiger partial charge in [-0.15, -0.1) is 0 Å². The van der Waals surface area contributed by atoms with Gasteiger partial charge in [-0.2, -0.15) is 4.98 Å². The number of H-pyrrole nitrogens is 1. The minimum absolute atomic E-state index is 0.405. The van der Waals surface area contributed by atoms with E-state index in [1.807, 2.05) is 18.2 Å². The van der Waals surface area contributed by atoms with Crippen LogP contribution in [0.25, 0.3) is 22.0 Å². The van der Waals surface area contributed by atoms with E-state index < -0.39 is 0 Å². The van der Waals surface area contributed by atoms with Crippen molar-refractivity contribution in [3.8, 4) is 11.3 Å². The fraction of sp³-hybridized carbons (Fsp3) is 0.150. The van der Waals surface area contributed by atoms with E-state index in [4.69, 9.17) is 5.73 Å². The molecule has 0 bridgehead atoms. The number of aromatic nitrogens is 2. The second-order valence-electron chi connectivity index (χ2n) is 6.36. The van der Waals surface area contributed by atoms with Gasteiger partial charge < -0.3 is 16.0 Å². The molecule has 2 aromatic carbocycles. The Morgan fingerprint density at radius 1 is 1.04 bits per heavy atom. The molecule has 1 heterocycles. The predicted molar refractivity (Wildman–Crippen MR) is 101 cm³/mol. The summed E-state index contributed by atoms with van der Waals surface area (Å²) in [5, 5.41) is 5.85. The summed E-state index contributed by atoms with van der Waals surface area (Å²) in [5.41, 5.74) is 10.4. The maximum absolute atomic E-state index is 5.99. The first-order valence-electron chi connectivity index (χ1n) is 8.16. The lowest BCUT2D eigenvalue weighted by Crippen LogP contribution is -2.05. The fourth-order valence-electron chi connectivity index (χ4n) is 3.25. The van der Waals surface area contributed by atoms with Crippen LogP contribution in [0.15, 0.2) is 54.6 Å². The highest BCUT2D eigenvalue weighted by molar-refractivity contribution is 6.06. The molecule has 0 spiro atoms. The Bertz CT molecular complexity index is 984. The first kappa shape index (κ1) is 14.6. The van der Waals surface area contributed by atoms with E-state index in [0.717, 1.165) is 22.8 Å². The van der Waals surface area contributed by atoms with Crippen molar-refractivity contribution in [1.29, 1.82) is 0 Å². The van der Waals surface area contributed by atoms with Gasteiger partial charge in [-0.3, -0.25) is 0 Å². The lowest BCUT2D eigenvalue weighted by atomic mass is 10.0. The molecule has 1 aliphatic heterocycles. The monoisotopic (exact) mass is 316 g/mol. The minimum atomic E-state index is 0.405. The van der Waals surface area contributed by atoms with Crippen LogP contribution in [0, 0.1) is 0 Å². The van der Waals surface area contributed by atoms with Gasteiger partial charge in [0.1, 0.15) is 5.82 Å². The molecule has 2 aromatic rings. The van der Waals surface area contributed by atoms with Crippen LogP contribution in [0.5, 0.6) is 0 Å². The van der Waals surface area contributed by atoms with Gasteiger partial charge in [0.2, 0.25) is 0 Å². The summed E-state index contributed by atoms with van der Waals surface area (Å²) in [4.78, 5) is 7.70. The number of nitrogens with two attached hydrogens (primary N) is 1. The predicted octanol–water partition coefficient (Wildman–Crippen LogP) is 5.12. The molecule has 24 heavy (non-hydrogen) atoms. The summed E-state index contributed by atoms with van der Waals surface area (Å²) in [7, 11) is 0. The zero-order valence-corrected chi connectivity index (χ0v) is 13.8. The standard InChI is InChI=1S/C20H20N4/c1-12(2)14-8-5-6-10-16(14)22-19-18-15-9-4-3-7-13(15)11-17(18)23-20(21)24-19/h3-12,22H,1-2H3,(H3,21,23,24). The van der Waals surface area contributed by atoms with Gasteiger partial charge in [0, 0.05) is 11.3 Å². The maximum atomic E-state index is 5.99. The molecule has 4 rings (SSSR count). The fourth-order valence-corrected chi connectivity index (χ4v) is 3.25. The van der Waals surface area contributed by atoms with Gasteiger partial charge in [0.05, 0.1) is 5.69 Å². The summed E-state index contributed by atoms with van der Waals surface area (Å²) >= 11 is 0. The third kappa shape index (κ3) is 2.36. The molecule has 0 unspecified atom stereocenters. The van der Waals surface area contributed by atoms with Crippen LogP contribution in [0.4, 0.5) is 17.5 Å². The zero-order chi connectivity index (χ0) is 16.7. The van der Waals surface area contributed by atoms with Crippen LogP contribution in [-0.4, -0.2) is 9.97 Å². The molecule has 4 N–H and O–H groups in total. The van der Waals surface area contributed by atoms with E-state index in [1.54, 1.807) is 0 Å². The Kier molecular flexibility index (Phi) is 3.38. The van der Waals surface area contributed by atoms with E-state index in [0.29, 0.717) is 11.9 Å². The highest BCUT2D eigenvalue weighted by Crippen LogP contribution is 2.39. The molecular formula is C20H20N4. The molecule has 0 aromatic heterocycles. The van der Waals surface area contributed by atoms with Crippen LogP contribution in [0.2, 0.25) is 0 Å². The van der Waals surface area contributed by atoms with Crippen LogP contribution in [0.1, 0.15) is 25.3 Å². The number of aromatic amines is 1. The third-order valence-electron chi connectivity index (χ3n) is 4.37. The van der Waals surface area contributed by atoms with Crippen molar-refractivity contribution in [2.45, 2.75) is 19.8 Å². The second kappa shape index (κ2) is 5.57. The largest absolute Gasteiger partial charge is 0.369 e. The summed E-state index contributed by atoms with van der Waals surface area (Å²) in [5.74, 6) is 1.62. The van der Waals surface area contributed by atoms with E-state index in [9.17, 15) is 0 Å². The zero-order valence-electron chi connectivity index (χ0n) is 13.8. The average Bonchev–Trinajstić information content (AvgIpc) is 2.93. The average molecular weight is 316 g/mol. The molecule has 0 amide bonds. The van der Waals surface area contributed by atoms with Gasteiger partial charge in [-0.1, -0.05) is 56.3 Å². The molecule has 4 nitrogen and oxygen atoms in total. The number of fused-ring (bicyclic) bond motifs is 3. The van der Waals surface area contributed by atoms with Crippen LogP contribution in [-0.2, 0) is 0 Å². The maximum Gasteiger partial charge on any atom is 0.199 e. The summed E-state index contributed by atoms with van der Waals surface area (Å²) in [6, 6.07) is 18.7. The minimum Gasteiger partial charge on any atom is -0.369 e. The highest BCUT2D eigenvalue weighted by Gasteiger charge is 2.18. The van der Waals surface area contributed by atoms with Crippen LogP contribution >= 0.6 is 0 Å². The number of hydrogen-bond acceptors (Lipinski definition) is 3. The van der Waals surface area contributed by atoms with E-state index in [1.165, 1.54) is 16.3 Å². The normalized spacial score (nSPS) is 11.5. The molecule has 0 fully saturated rings. The van der Waals surface area contributed by atoms with Gasteiger partial charge in [-0.25, -0.2) is 0 Å². The Balaban J connectivity index is 1.91. The lowest BCUT2D eigenvalue weighted by molar-refractivity contribution is 0.869. The van der Waals surface area contributed by atoms with E-state index >= 15 is 0 Å². The quantitative estimate of drug-likeness (QED) is 0.491. The number of rotatable bonds is 3. The molecule has 0 radical (unpaired) electrons. The van der Waals surface area contributed by atoms with E-state index in [2.05, 4.69) is 65.5 Å². The van der Waals surface area contributed by atoms with Gasteiger partial charge in [0.15, 0.2) is 5.95 Å². The molecule has 1 aliphatic carbocycles. The van der Waals surface area contributed by atoms with Crippen LogP contribution in [0.3, 0.4) is 0 Å². The summed E-state index contributed by atoms with van der Waals surface area (Å²) in [6.07, 6.45) is 0. The number of nitrogens with zero attached hydrogens (tertiary/aromatic N) is 1. The number of benzene rings is 2. The summed E-state index contributed by atoms with van der Waals surface area (Å²) < 4.78 is 0. The molecule has 0 saturated carbocycles. The number of para-hydroxylation sites is 1. The van der Waals surface area contributed by atoms with Crippen LogP contribution < -0.4 is 11.1 Å². The van der Waals surface area contributed by atoms with Gasteiger partial charge in [-0.05, 0) is 34.4 Å². The lowest BCUT2D eigenvalue weighted by Gasteiger charge is -2.16. The van der Waals surface area contributed by atoms with Gasteiger partial charge in [0.25, 0.3) is 0 Å². The molecule has 120 valence electrons. The summed E-state index contributed by atoms with van der Waals surface area (Å²) in [6.45, 7) is 4.38. The number of anilines is 3. The first-order valence-corrected chi connectivity index (χ1v) is 8.16. The van der Waals surface area contributed by atoms with Crippen molar-refractivity contribution in [2.24, 2.45) is 0 Å². The smallest absolute Gasteiger partial charge is 0.199 e. The Labute approximate surface area is 141 Å². The second-order valence-corrected chi connectivity index (χ2v) is 6.36. The third-order valence-corrected chi connectivity index (χ3v) is 4.37. The molecular weight excluding hydrogens is 296 g/mol. The molecule has 2 aliphatic rings. The molecule has 0 atom stereocenters. The van der Waals surface area contributed by atoms with Gasteiger partial charge >= 0.3 is 0 Å². The van der Waals surface area contributed by atoms with Crippen molar-refractivity contribution >= 4 is 28.2 Å². The number of nitrogen functional groups attached to an aromatic ring is 1. The topological polar surface area (TPSA) is 66.7 Å². The SMILES string of the molecule is CC(C)c1ccccc1Nc1nc(N)[nH]c2cc3ccccc3c1-2. The molecule has 4 heteroatoms. The van der Waals surface area contributed by atoms with Crippen molar-refractivity contribution in [3.63, 3.8) is 0 Å². The Hall–Kier alpha value is -3.01. The number of nitrogens with one attached hydrogen (secondary N) is 2. The highest BCUT2D eigenvalue weighted by atomic mass is 15.1. The van der Waals surface area contributed by atoms with Crippen molar-refractivity contribution in [3.05, 3.63) is 60.2 Å². The van der Waals surface area contributed by atoms with E-state index in [-0.39, 0.29) is 0 Å². The van der Waals surface area contributed by atoms with Crippen molar-refractivity contribution in [1.82, 2.24) is 9.97 Å². The van der Waals surface area contributed by atoms with Crippen molar-refractivity contribution in [2.75, 3.05) is 11.1 Å². The Morgan fingerprint density at radius 3 is 2.62 bits per heavy atom.